The summed E-state index contributed by atoms with van der Waals surface area (Å²) in [5.74, 6) is 1.22. The number of amides is 1. The van der Waals surface area contributed by atoms with Gasteiger partial charge in [0.05, 0.1) is 12.0 Å². The van der Waals surface area contributed by atoms with Crippen LogP contribution in [0.4, 0.5) is 0 Å². The van der Waals surface area contributed by atoms with E-state index < -0.39 is 10.0 Å². The van der Waals surface area contributed by atoms with Gasteiger partial charge in [0.1, 0.15) is 0 Å². The summed E-state index contributed by atoms with van der Waals surface area (Å²) in [6.45, 7) is 5.19. The van der Waals surface area contributed by atoms with Gasteiger partial charge in [-0.2, -0.15) is 4.31 Å². The second kappa shape index (κ2) is 9.49. The first-order valence-electron chi connectivity index (χ1n) is 9.96. The number of para-hydroxylation sites is 2. The fourth-order valence-electron chi connectivity index (χ4n) is 3.32. The summed E-state index contributed by atoms with van der Waals surface area (Å²) in [4.78, 5) is 14.4. The van der Waals surface area contributed by atoms with Crippen LogP contribution in [-0.4, -0.2) is 63.4 Å². The smallest absolute Gasteiger partial charge is 0.260 e. The van der Waals surface area contributed by atoms with Gasteiger partial charge in [-0.05, 0) is 35.7 Å². The highest BCUT2D eigenvalue weighted by Crippen LogP contribution is 2.26. The fourth-order valence-corrected chi connectivity index (χ4v) is 4.74. The van der Waals surface area contributed by atoms with Crippen LogP contribution in [0.3, 0.4) is 0 Å². The second-order valence-corrected chi connectivity index (χ2v) is 9.39. The van der Waals surface area contributed by atoms with Crippen molar-refractivity contribution in [1.29, 1.82) is 0 Å². The van der Waals surface area contributed by atoms with Gasteiger partial charge in [-0.1, -0.05) is 38.1 Å². The largest absolute Gasteiger partial charge is 0.493 e. The maximum Gasteiger partial charge on any atom is 0.260 e. The molecule has 0 spiro atoms. The number of rotatable bonds is 7. The molecule has 0 radical (unpaired) electrons. The highest BCUT2D eigenvalue weighted by atomic mass is 32.2. The van der Waals surface area contributed by atoms with Crippen molar-refractivity contribution in [3.8, 4) is 11.5 Å². The lowest BCUT2D eigenvalue weighted by molar-refractivity contribution is -0.134. The predicted octanol–water partition coefficient (Wildman–Crippen LogP) is 2.73. The number of carbonyl (C=O) groups is 1. The van der Waals surface area contributed by atoms with Crippen LogP contribution < -0.4 is 9.47 Å². The third-order valence-electron chi connectivity index (χ3n) is 5.20. The first kappa shape index (κ1) is 22.1. The highest BCUT2D eigenvalue weighted by molar-refractivity contribution is 7.89. The minimum atomic E-state index is -3.57. The van der Waals surface area contributed by atoms with Gasteiger partial charge in [0.15, 0.2) is 18.1 Å². The lowest BCUT2D eigenvalue weighted by Crippen LogP contribution is -2.51. The molecule has 1 fully saturated rings. The fraction of sp³-hybridized carbons (Fsp3) is 0.409. The molecule has 1 heterocycles. The Morgan fingerprint density at radius 1 is 0.967 bits per heavy atom. The normalized spacial score (nSPS) is 15.3. The van der Waals surface area contributed by atoms with E-state index >= 15 is 0 Å². The number of carbonyl (C=O) groups excluding carboxylic acids is 1. The van der Waals surface area contributed by atoms with Gasteiger partial charge < -0.3 is 14.4 Å². The second-order valence-electron chi connectivity index (χ2n) is 7.45. The Labute approximate surface area is 178 Å². The van der Waals surface area contributed by atoms with E-state index in [1.165, 1.54) is 4.31 Å². The number of methoxy groups -OCH3 is 1. The summed E-state index contributed by atoms with van der Waals surface area (Å²) in [5.41, 5.74) is 1.10. The Bertz CT molecular complexity index is 965. The molecule has 1 amide bonds. The third-order valence-corrected chi connectivity index (χ3v) is 7.11. The number of ether oxygens (including phenoxy) is 2. The third kappa shape index (κ3) is 4.94. The number of hydrogen-bond acceptors (Lipinski definition) is 5. The molecule has 2 aromatic rings. The molecule has 2 aromatic carbocycles. The van der Waals surface area contributed by atoms with E-state index in [2.05, 4.69) is 13.8 Å². The van der Waals surface area contributed by atoms with Crippen LogP contribution in [0.5, 0.6) is 11.5 Å². The summed E-state index contributed by atoms with van der Waals surface area (Å²) < 4.78 is 38.1. The molecule has 3 rings (SSSR count). The average molecular weight is 433 g/mol. The van der Waals surface area contributed by atoms with Crippen LogP contribution in [-0.2, 0) is 14.8 Å². The Kier molecular flexibility index (Phi) is 6.99. The van der Waals surface area contributed by atoms with Crippen LogP contribution in [0.2, 0.25) is 0 Å². The summed E-state index contributed by atoms with van der Waals surface area (Å²) in [7, 11) is -2.03. The van der Waals surface area contributed by atoms with Crippen LogP contribution >= 0.6 is 0 Å². The molecule has 1 aliphatic heterocycles. The van der Waals surface area contributed by atoms with Crippen molar-refractivity contribution in [2.24, 2.45) is 0 Å². The highest BCUT2D eigenvalue weighted by Gasteiger charge is 2.30. The molecule has 0 bridgehead atoms. The molecule has 1 saturated heterocycles. The van der Waals surface area contributed by atoms with Crippen molar-refractivity contribution in [2.75, 3.05) is 39.9 Å². The molecule has 0 aromatic heterocycles. The number of benzene rings is 2. The molecule has 0 N–H and O–H groups in total. The quantitative estimate of drug-likeness (QED) is 0.672. The minimum absolute atomic E-state index is 0.121. The molecule has 0 unspecified atom stereocenters. The molecule has 8 heteroatoms. The van der Waals surface area contributed by atoms with Crippen molar-refractivity contribution in [3.05, 3.63) is 54.1 Å². The Balaban J connectivity index is 1.56. The summed E-state index contributed by atoms with van der Waals surface area (Å²) in [6, 6.07) is 14.1. The Morgan fingerprint density at radius 2 is 1.57 bits per heavy atom. The molecule has 7 nitrogen and oxygen atoms in total. The Morgan fingerprint density at radius 3 is 2.13 bits per heavy atom. The monoisotopic (exact) mass is 432 g/mol. The summed E-state index contributed by atoms with van der Waals surface area (Å²) >= 11 is 0. The molecular formula is C22H28N2O5S. The van der Waals surface area contributed by atoms with Crippen LogP contribution in [0.1, 0.15) is 25.3 Å². The van der Waals surface area contributed by atoms with E-state index in [0.717, 1.165) is 5.56 Å². The lowest BCUT2D eigenvalue weighted by Gasteiger charge is -2.34. The number of hydrogen-bond donors (Lipinski definition) is 0. The van der Waals surface area contributed by atoms with Gasteiger partial charge in [0.25, 0.3) is 5.91 Å². The van der Waals surface area contributed by atoms with Gasteiger partial charge >= 0.3 is 0 Å². The van der Waals surface area contributed by atoms with E-state index in [1.54, 1.807) is 42.3 Å². The predicted molar refractivity (Wildman–Crippen MR) is 114 cm³/mol. The maximum atomic E-state index is 12.9. The maximum absolute atomic E-state index is 12.9. The van der Waals surface area contributed by atoms with Crippen LogP contribution in [0, 0.1) is 0 Å². The molecule has 1 aliphatic rings. The first-order valence-corrected chi connectivity index (χ1v) is 11.4. The van der Waals surface area contributed by atoms with E-state index in [0.29, 0.717) is 30.5 Å². The van der Waals surface area contributed by atoms with Crippen molar-refractivity contribution in [3.63, 3.8) is 0 Å². The number of piperazine rings is 1. The van der Waals surface area contributed by atoms with E-state index in [-0.39, 0.29) is 30.5 Å². The zero-order valence-corrected chi connectivity index (χ0v) is 18.4. The zero-order valence-electron chi connectivity index (χ0n) is 17.6. The van der Waals surface area contributed by atoms with E-state index in [1.807, 2.05) is 18.2 Å². The molecule has 0 atom stereocenters. The van der Waals surface area contributed by atoms with Gasteiger partial charge in [0.2, 0.25) is 10.0 Å². The van der Waals surface area contributed by atoms with Crippen LogP contribution in [0.25, 0.3) is 0 Å². The van der Waals surface area contributed by atoms with Crippen molar-refractivity contribution >= 4 is 15.9 Å². The SMILES string of the molecule is COc1ccccc1OCC(=O)N1CCN(S(=O)(=O)c2ccc(C(C)C)cc2)CC1. The zero-order chi connectivity index (χ0) is 21.7. The Hall–Kier alpha value is -2.58. The van der Waals surface area contributed by atoms with Gasteiger partial charge in [-0.15, -0.1) is 0 Å². The van der Waals surface area contributed by atoms with Gasteiger partial charge in [0, 0.05) is 26.2 Å². The van der Waals surface area contributed by atoms with Gasteiger partial charge in [-0.3, -0.25) is 4.79 Å². The van der Waals surface area contributed by atoms with Crippen molar-refractivity contribution < 1.29 is 22.7 Å². The molecule has 0 aliphatic carbocycles. The van der Waals surface area contributed by atoms with E-state index in [4.69, 9.17) is 9.47 Å². The molecule has 162 valence electrons. The van der Waals surface area contributed by atoms with E-state index in [9.17, 15) is 13.2 Å². The van der Waals surface area contributed by atoms with Gasteiger partial charge in [-0.25, -0.2) is 8.42 Å². The first-order chi connectivity index (χ1) is 14.3. The number of sulfonamides is 1. The summed E-state index contributed by atoms with van der Waals surface area (Å²) in [5, 5.41) is 0. The average Bonchev–Trinajstić information content (AvgIpc) is 2.77. The standard InChI is InChI=1S/C22H28N2O5S/c1-17(2)18-8-10-19(11-9-18)30(26,27)24-14-12-23(13-15-24)22(25)16-29-21-7-5-4-6-20(21)28-3/h4-11,17H,12-16H2,1-3H3. The minimum Gasteiger partial charge on any atom is -0.493 e. The summed E-state index contributed by atoms with van der Waals surface area (Å²) in [6.07, 6.45) is 0. The molecule has 30 heavy (non-hydrogen) atoms. The number of nitrogens with zero attached hydrogens (tertiary/aromatic N) is 2. The molecule has 0 saturated carbocycles. The topological polar surface area (TPSA) is 76.2 Å². The van der Waals surface area contributed by atoms with Crippen molar-refractivity contribution in [1.82, 2.24) is 9.21 Å². The molecular weight excluding hydrogens is 404 g/mol. The van der Waals surface area contributed by atoms with Crippen molar-refractivity contribution in [2.45, 2.75) is 24.7 Å². The van der Waals surface area contributed by atoms with Crippen LogP contribution in [0.15, 0.2) is 53.4 Å². The lowest BCUT2D eigenvalue weighted by atomic mass is 10.0.